The molecule has 1 N–H and O–H groups in total. The Hall–Kier alpha value is -1.56. The summed E-state index contributed by atoms with van der Waals surface area (Å²) in [5, 5.41) is 3.69. The van der Waals surface area contributed by atoms with Crippen molar-refractivity contribution in [3.8, 4) is 0 Å². The summed E-state index contributed by atoms with van der Waals surface area (Å²) in [6.07, 6.45) is 1.80. The number of fused-ring (bicyclic) bond motifs is 1. The highest BCUT2D eigenvalue weighted by Crippen LogP contribution is 2.26. The molecule has 0 radical (unpaired) electrons. The standard InChI is InChI=1S/C15H10BrCl2N3O/c1-8-14(21-7-9(16)2-5-13(21)19-8)15(22)20-12-6-10(17)3-4-11(12)18/h2-7H,1H3,(H,20,22). The van der Waals surface area contributed by atoms with Crippen LogP contribution in [-0.4, -0.2) is 15.3 Å². The van der Waals surface area contributed by atoms with Crippen LogP contribution in [-0.2, 0) is 0 Å². The van der Waals surface area contributed by atoms with Crippen molar-refractivity contribution in [1.29, 1.82) is 0 Å². The molecule has 2 heterocycles. The van der Waals surface area contributed by atoms with E-state index in [2.05, 4.69) is 26.2 Å². The third-order valence-electron chi connectivity index (χ3n) is 3.15. The Morgan fingerprint density at radius 3 is 2.82 bits per heavy atom. The van der Waals surface area contributed by atoms with Crippen LogP contribution in [0.1, 0.15) is 16.2 Å². The van der Waals surface area contributed by atoms with Gasteiger partial charge in [-0.25, -0.2) is 4.98 Å². The predicted octanol–water partition coefficient (Wildman–Crippen LogP) is 4.96. The van der Waals surface area contributed by atoms with Crippen LogP contribution in [0, 0.1) is 6.92 Å². The maximum Gasteiger partial charge on any atom is 0.274 e. The summed E-state index contributed by atoms with van der Waals surface area (Å²) in [7, 11) is 0. The third kappa shape index (κ3) is 2.84. The number of pyridine rings is 1. The van der Waals surface area contributed by atoms with E-state index in [1.165, 1.54) is 0 Å². The molecule has 1 aromatic carbocycles. The highest BCUT2D eigenvalue weighted by Gasteiger charge is 2.18. The molecule has 0 fully saturated rings. The molecule has 0 aliphatic rings. The van der Waals surface area contributed by atoms with E-state index in [1.54, 1.807) is 35.7 Å². The Balaban J connectivity index is 2.04. The number of amides is 1. The van der Waals surface area contributed by atoms with Gasteiger partial charge in [-0.2, -0.15) is 0 Å². The van der Waals surface area contributed by atoms with E-state index in [0.717, 1.165) is 4.47 Å². The van der Waals surface area contributed by atoms with Gasteiger partial charge in [0.1, 0.15) is 11.3 Å². The molecule has 0 aliphatic carbocycles. The maximum absolute atomic E-state index is 12.6. The molecule has 4 nitrogen and oxygen atoms in total. The van der Waals surface area contributed by atoms with Crippen LogP contribution in [0.4, 0.5) is 5.69 Å². The zero-order chi connectivity index (χ0) is 15.9. The van der Waals surface area contributed by atoms with Crippen molar-refractivity contribution in [3.63, 3.8) is 0 Å². The summed E-state index contributed by atoms with van der Waals surface area (Å²) in [5.41, 5.74) is 2.24. The van der Waals surface area contributed by atoms with E-state index in [-0.39, 0.29) is 5.91 Å². The van der Waals surface area contributed by atoms with E-state index < -0.39 is 0 Å². The highest BCUT2D eigenvalue weighted by atomic mass is 79.9. The van der Waals surface area contributed by atoms with E-state index >= 15 is 0 Å². The van der Waals surface area contributed by atoms with Gasteiger partial charge in [-0.05, 0) is 53.2 Å². The molecule has 2 aromatic heterocycles. The molecule has 7 heteroatoms. The van der Waals surface area contributed by atoms with Crippen molar-refractivity contribution < 1.29 is 4.79 Å². The number of imidazole rings is 1. The summed E-state index contributed by atoms with van der Waals surface area (Å²) in [5.74, 6) is -0.299. The highest BCUT2D eigenvalue weighted by molar-refractivity contribution is 9.10. The molecule has 0 aliphatic heterocycles. The van der Waals surface area contributed by atoms with Crippen molar-refractivity contribution in [1.82, 2.24) is 9.38 Å². The molecule has 0 atom stereocenters. The molecule has 1 amide bonds. The lowest BCUT2D eigenvalue weighted by Gasteiger charge is -2.08. The van der Waals surface area contributed by atoms with Gasteiger partial charge in [0.15, 0.2) is 0 Å². The molecule has 0 saturated heterocycles. The van der Waals surface area contributed by atoms with Gasteiger partial charge in [0.2, 0.25) is 0 Å². The number of nitrogens with one attached hydrogen (secondary N) is 1. The third-order valence-corrected chi connectivity index (χ3v) is 4.18. The van der Waals surface area contributed by atoms with E-state index in [4.69, 9.17) is 23.2 Å². The second-order valence-corrected chi connectivity index (χ2v) is 6.46. The first-order valence-corrected chi connectivity index (χ1v) is 7.91. The normalized spacial score (nSPS) is 10.9. The second-order valence-electron chi connectivity index (χ2n) is 4.70. The van der Waals surface area contributed by atoms with Crippen LogP contribution in [0.25, 0.3) is 5.65 Å². The van der Waals surface area contributed by atoms with Crippen molar-refractivity contribution in [2.24, 2.45) is 0 Å². The molecular weight excluding hydrogens is 389 g/mol. The van der Waals surface area contributed by atoms with E-state index in [9.17, 15) is 4.79 Å². The monoisotopic (exact) mass is 397 g/mol. The summed E-state index contributed by atoms with van der Waals surface area (Å²) in [4.78, 5) is 17.0. The second kappa shape index (κ2) is 5.91. The van der Waals surface area contributed by atoms with Gasteiger partial charge in [-0.3, -0.25) is 9.20 Å². The number of hydrogen-bond acceptors (Lipinski definition) is 2. The molecular formula is C15H10BrCl2N3O. The van der Waals surface area contributed by atoms with Crippen molar-refractivity contribution in [3.05, 3.63) is 62.4 Å². The molecule has 3 aromatic rings. The van der Waals surface area contributed by atoms with Crippen LogP contribution in [0.3, 0.4) is 0 Å². The number of carbonyl (C=O) groups is 1. The van der Waals surface area contributed by atoms with Gasteiger partial charge in [-0.15, -0.1) is 0 Å². The Morgan fingerprint density at radius 2 is 2.05 bits per heavy atom. The SMILES string of the molecule is Cc1nc2ccc(Br)cn2c1C(=O)Nc1cc(Cl)ccc1Cl. The van der Waals surface area contributed by atoms with Crippen molar-refractivity contribution in [2.45, 2.75) is 6.92 Å². The zero-order valence-corrected chi connectivity index (χ0v) is 14.5. The molecule has 0 spiro atoms. The van der Waals surface area contributed by atoms with Gasteiger partial charge >= 0.3 is 0 Å². The van der Waals surface area contributed by atoms with Crippen molar-refractivity contribution in [2.75, 3.05) is 5.32 Å². The number of aryl methyl sites for hydroxylation is 1. The lowest BCUT2D eigenvalue weighted by atomic mass is 10.2. The minimum atomic E-state index is -0.299. The van der Waals surface area contributed by atoms with Gasteiger partial charge in [-0.1, -0.05) is 23.2 Å². The van der Waals surface area contributed by atoms with Crippen LogP contribution >= 0.6 is 39.1 Å². The Labute approximate surface area is 145 Å². The maximum atomic E-state index is 12.6. The minimum Gasteiger partial charge on any atom is -0.319 e. The molecule has 0 bridgehead atoms. The topological polar surface area (TPSA) is 46.4 Å². The first-order valence-electron chi connectivity index (χ1n) is 6.36. The van der Waals surface area contributed by atoms with Crippen LogP contribution in [0.2, 0.25) is 10.0 Å². The van der Waals surface area contributed by atoms with Crippen LogP contribution in [0.15, 0.2) is 41.0 Å². The van der Waals surface area contributed by atoms with E-state index in [1.807, 2.05) is 12.1 Å². The van der Waals surface area contributed by atoms with E-state index in [0.29, 0.717) is 32.8 Å². The van der Waals surface area contributed by atoms with Gasteiger partial charge in [0, 0.05) is 15.7 Å². The van der Waals surface area contributed by atoms with Crippen LogP contribution < -0.4 is 5.32 Å². The number of nitrogens with zero attached hydrogens (tertiary/aromatic N) is 2. The average molecular weight is 399 g/mol. The summed E-state index contributed by atoms with van der Waals surface area (Å²) < 4.78 is 2.58. The quantitative estimate of drug-likeness (QED) is 0.662. The van der Waals surface area contributed by atoms with Gasteiger partial charge in [0.25, 0.3) is 5.91 Å². The lowest BCUT2D eigenvalue weighted by Crippen LogP contribution is -2.16. The predicted molar refractivity (Wildman–Crippen MR) is 92.0 cm³/mol. The summed E-state index contributed by atoms with van der Waals surface area (Å²) in [6.45, 7) is 1.79. The van der Waals surface area contributed by atoms with Gasteiger partial charge in [0.05, 0.1) is 16.4 Å². The molecule has 3 rings (SSSR count). The molecule has 0 unspecified atom stereocenters. The fourth-order valence-corrected chi connectivity index (χ4v) is 2.86. The lowest BCUT2D eigenvalue weighted by molar-refractivity contribution is 0.102. The summed E-state index contributed by atoms with van der Waals surface area (Å²) in [6, 6.07) is 8.61. The van der Waals surface area contributed by atoms with Crippen LogP contribution in [0.5, 0.6) is 0 Å². The molecule has 0 saturated carbocycles. The number of rotatable bonds is 2. The average Bonchev–Trinajstić information content (AvgIpc) is 2.78. The first-order chi connectivity index (χ1) is 10.5. The van der Waals surface area contributed by atoms with Gasteiger partial charge < -0.3 is 5.32 Å². The number of aromatic nitrogens is 2. The fraction of sp³-hybridized carbons (Fsp3) is 0.0667. The summed E-state index contributed by atoms with van der Waals surface area (Å²) >= 11 is 15.4. The fourth-order valence-electron chi connectivity index (χ4n) is 2.18. The zero-order valence-electron chi connectivity index (χ0n) is 11.4. The number of halogens is 3. The molecule has 22 heavy (non-hydrogen) atoms. The molecule has 112 valence electrons. The Bertz CT molecular complexity index is 892. The number of benzene rings is 1. The Morgan fingerprint density at radius 1 is 1.27 bits per heavy atom. The largest absolute Gasteiger partial charge is 0.319 e. The number of hydrogen-bond donors (Lipinski definition) is 1. The minimum absolute atomic E-state index is 0.299. The number of carbonyl (C=O) groups excluding carboxylic acids is 1. The first kappa shape index (κ1) is 15.3. The smallest absolute Gasteiger partial charge is 0.274 e. The van der Waals surface area contributed by atoms with Crippen molar-refractivity contribution >= 4 is 56.4 Å². The Kier molecular flexibility index (Phi) is 4.12. The number of anilines is 1.